The zero-order valence-corrected chi connectivity index (χ0v) is 10.5. The van der Waals surface area contributed by atoms with Gasteiger partial charge in [0.05, 0.1) is 5.33 Å². The highest BCUT2D eigenvalue weighted by Gasteiger charge is 2.31. The summed E-state index contributed by atoms with van der Waals surface area (Å²) in [6.07, 6.45) is -2.27. The molecule has 1 saturated carbocycles. The minimum Gasteiger partial charge on any atom is -0.364 e. The van der Waals surface area contributed by atoms with E-state index in [1.807, 2.05) is 4.57 Å². The van der Waals surface area contributed by atoms with Gasteiger partial charge in [0, 0.05) is 6.04 Å². The summed E-state index contributed by atoms with van der Waals surface area (Å²) in [6.45, 7) is -1.41. The first-order valence-corrected chi connectivity index (χ1v) is 6.26. The third-order valence-electron chi connectivity index (χ3n) is 2.37. The summed E-state index contributed by atoms with van der Waals surface area (Å²) >= 11 is 3.27. The molecule has 1 aliphatic rings. The molecule has 4 nitrogen and oxygen atoms in total. The number of aromatic nitrogens is 3. The van der Waals surface area contributed by atoms with Crippen LogP contribution in [-0.4, -0.2) is 27.5 Å². The number of hydrogen-bond donors (Lipinski definition) is 0. The van der Waals surface area contributed by atoms with Crippen molar-refractivity contribution in [3.8, 4) is 0 Å². The van der Waals surface area contributed by atoms with Crippen molar-refractivity contribution in [2.75, 3.05) is 6.61 Å². The van der Waals surface area contributed by atoms with Gasteiger partial charge in [-0.3, -0.25) is 0 Å². The van der Waals surface area contributed by atoms with Crippen molar-refractivity contribution in [2.45, 2.75) is 37.0 Å². The zero-order chi connectivity index (χ0) is 12.5. The normalized spacial score (nSPS) is 16.5. The van der Waals surface area contributed by atoms with E-state index >= 15 is 0 Å². The van der Waals surface area contributed by atoms with E-state index in [0.29, 0.717) is 17.2 Å². The minimum absolute atomic E-state index is 0.157. The minimum atomic E-state index is -4.30. The maximum atomic E-state index is 11.9. The van der Waals surface area contributed by atoms with Crippen LogP contribution in [-0.2, 0) is 16.7 Å². The summed E-state index contributed by atoms with van der Waals surface area (Å²) in [4.78, 5) is 0. The Morgan fingerprint density at radius 3 is 2.47 bits per heavy atom. The van der Waals surface area contributed by atoms with Gasteiger partial charge in [-0.05, 0) is 12.8 Å². The second-order valence-corrected chi connectivity index (χ2v) is 4.44. The van der Waals surface area contributed by atoms with E-state index < -0.39 is 12.8 Å². The molecular formula is C9H11BrF3N3O. The average Bonchev–Trinajstić information content (AvgIpc) is 2.99. The highest BCUT2D eigenvalue weighted by atomic mass is 79.9. The fraction of sp³-hybridized carbons (Fsp3) is 0.778. The Morgan fingerprint density at radius 2 is 1.94 bits per heavy atom. The van der Waals surface area contributed by atoms with Crippen LogP contribution in [0, 0.1) is 0 Å². The van der Waals surface area contributed by atoms with Gasteiger partial charge in [-0.15, -0.1) is 10.2 Å². The predicted octanol–water partition coefficient (Wildman–Crippen LogP) is 2.59. The molecule has 1 aromatic rings. The molecule has 8 heteroatoms. The molecule has 96 valence electrons. The van der Waals surface area contributed by atoms with Gasteiger partial charge in [0.25, 0.3) is 0 Å². The first-order chi connectivity index (χ1) is 8.01. The van der Waals surface area contributed by atoms with Crippen molar-refractivity contribution in [3.63, 3.8) is 0 Å². The van der Waals surface area contributed by atoms with E-state index in [2.05, 4.69) is 30.9 Å². The summed E-state index contributed by atoms with van der Waals surface area (Å²) in [6, 6.07) is 0.321. The number of ether oxygens (including phenoxy) is 1. The van der Waals surface area contributed by atoms with Gasteiger partial charge in [-0.1, -0.05) is 15.9 Å². The van der Waals surface area contributed by atoms with Gasteiger partial charge in [0.15, 0.2) is 5.82 Å². The Bertz CT molecular complexity index is 389. The van der Waals surface area contributed by atoms with E-state index in [1.54, 1.807) is 0 Å². The van der Waals surface area contributed by atoms with E-state index in [4.69, 9.17) is 0 Å². The summed E-state index contributed by atoms with van der Waals surface area (Å²) < 4.78 is 42.2. The lowest BCUT2D eigenvalue weighted by molar-refractivity contribution is -0.177. The van der Waals surface area contributed by atoms with Gasteiger partial charge >= 0.3 is 6.18 Å². The molecular weight excluding hydrogens is 303 g/mol. The van der Waals surface area contributed by atoms with Crippen molar-refractivity contribution in [1.29, 1.82) is 0 Å². The fourth-order valence-corrected chi connectivity index (χ4v) is 1.94. The topological polar surface area (TPSA) is 39.9 Å². The summed E-state index contributed by atoms with van der Waals surface area (Å²) in [5.74, 6) is 1.20. The Morgan fingerprint density at radius 1 is 1.29 bits per heavy atom. The van der Waals surface area contributed by atoms with Gasteiger partial charge in [-0.25, -0.2) is 0 Å². The van der Waals surface area contributed by atoms with Crippen molar-refractivity contribution in [2.24, 2.45) is 0 Å². The molecule has 2 rings (SSSR count). The molecule has 0 bridgehead atoms. The second-order valence-electron chi connectivity index (χ2n) is 3.88. The molecule has 1 aromatic heterocycles. The maximum Gasteiger partial charge on any atom is 0.411 e. The van der Waals surface area contributed by atoms with Crippen LogP contribution < -0.4 is 0 Å². The smallest absolute Gasteiger partial charge is 0.364 e. The standard InChI is InChI=1S/C9H11BrF3N3O/c10-3-7-14-15-8(16(7)6-1-2-6)4-17-5-9(11,12)13/h6H,1-5H2. The first-order valence-electron chi connectivity index (χ1n) is 5.14. The number of nitrogens with zero attached hydrogens (tertiary/aromatic N) is 3. The SMILES string of the molecule is FC(F)(F)COCc1nnc(CBr)n1C1CC1. The molecule has 0 saturated heterocycles. The second kappa shape index (κ2) is 4.93. The highest BCUT2D eigenvalue weighted by Crippen LogP contribution is 2.37. The summed E-state index contributed by atoms with van der Waals surface area (Å²) in [5, 5.41) is 8.31. The van der Waals surface area contributed by atoms with Crippen molar-refractivity contribution >= 4 is 15.9 Å². The third-order valence-corrected chi connectivity index (χ3v) is 2.87. The van der Waals surface area contributed by atoms with E-state index in [1.165, 1.54) is 0 Å². The number of alkyl halides is 4. The first kappa shape index (κ1) is 12.8. The zero-order valence-electron chi connectivity index (χ0n) is 8.87. The van der Waals surface area contributed by atoms with Crippen LogP contribution in [0.2, 0.25) is 0 Å². The molecule has 0 unspecified atom stereocenters. The number of rotatable bonds is 5. The quantitative estimate of drug-likeness (QED) is 0.784. The molecule has 0 spiro atoms. The molecule has 0 atom stereocenters. The van der Waals surface area contributed by atoms with Crippen LogP contribution in [0.25, 0.3) is 0 Å². The van der Waals surface area contributed by atoms with E-state index in [0.717, 1.165) is 18.7 Å². The van der Waals surface area contributed by atoms with Crippen LogP contribution >= 0.6 is 15.9 Å². The lowest BCUT2D eigenvalue weighted by Crippen LogP contribution is -2.18. The molecule has 0 aromatic carbocycles. The molecule has 0 N–H and O–H groups in total. The van der Waals surface area contributed by atoms with Gasteiger partial charge in [0.1, 0.15) is 19.0 Å². The molecule has 1 aliphatic carbocycles. The van der Waals surface area contributed by atoms with E-state index in [9.17, 15) is 13.2 Å². The van der Waals surface area contributed by atoms with Gasteiger partial charge in [-0.2, -0.15) is 13.2 Å². The molecule has 0 amide bonds. The fourth-order valence-electron chi connectivity index (χ4n) is 1.56. The van der Waals surface area contributed by atoms with Gasteiger partial charge < -0.3 is 9.30 Å². The molecule has 1 heterocycles. The summed E-state index contributed by atoms with van der Waals surface area (Å²) in [5.41, 5.74) is 0. The van der Waals surface area contributed by atoms with Crippen LogP contribution in [0.1, 0.15) is 30.5 Å². The molecule has 0 radical (unpaired) electrons. The van der Waals surface area contributed by atoms with Gasteiger partial charge in [0.2, 0.25) is 0 Å². The monoisotopic (exact) mass is 313 g/mol. The van der Waals surface area contributed by atoms with E-state index in [-0.39, 0.29) is 6.61 Å². The number of hydrogen-bond acceptors (Lipinski definition) is 3. The predicted molar refractivity (Wildman–Crippen MR) is 56.6 cm³/mol. The summed E-state index contributed by atoms with van der Waals surface area (Å²) in [7, 11) is 0. The van der Waals surface area contributed by atoms with Crippen molar-refractivity contribution < 1.29 is 17.9 Å². The largest absolute Gasteiger partial charge is 0.411 e. The molecule has 0 aliphatic heterocycles. The van der Waals surface area contributed by atoms with Crippen LogP contribution in [0.3, 0.4) is 0 Å². The third kappa shape index (κ3) is 3.41. The lowest BCUT2D eigenvalue weighted by atomic mass is 10.5. The maximum absolute atomic E-state index is 11.9. The van der Waals surface area contributed by atoms with Crippen LogP contribution in [0.15, 0.2) is 0 Å². The lowest BCUT2D eigenvalue weighted by Gasteiger charge is -2.09. The molecule has 1 fully saturated rings. The Labute approximate surface area is 104 Å². The Kier molecular flexibility index (Phi) is 3.72. The Hall–Kier alpha value is -0.630. The van der Waals surface area contributed by atoms with Crippen LogP contribution in [0.5, 0.6) is 0 Å². The highest BCUT2D eigenvalue weighted by molar-refractivity contribution is 9.08. The number of halogens is 4. The van der Waals surface area contributed by atoms with Crippen molar-refractivity contribution in [1.82, 2.24) is 14.8 Å². The molecule has 17 heavy (non-hydrogen) atoms. The van der Waals surface area contributed by atoms with Crippen LogP contribution in [0.4, 0.5) is 13.2 Å². The van der Waals surface area contributed by atoms with Crippen molar-refractivity contribution in [3.05, 3.63) is 11.6 Å². The Balaban J connectivity index is 1.98. The average molecular weight is 314 g/mol.